The monoisotopic (exact) mass is 326 g/mol. The Labute approximate surface area is 109 Å². The molecule has 7 heteroatoms. The predicted molar refractivity (Wildman–Crippen MR) is 70.6 cm³/mol. The Morgan fingerprint density at radius 2 is 2.06 bits per heavy atom. The van der Waals surface area contributed by atoms with Crippen molar-refractivity contribution in [3.63, 3.8) is 0 Å². The molecule has 92 valence electrons. The van der Waals surface area contributed by atoms with E-state index in [0.29, 0.717) is 19.0 Å². The molecule has 16 heavy (non-hydrogen) atoms. The van der Waals surface area contributed by atoms with Crippen LogP contribution in [0.25, 0.3) is 0 Å². The van der Waals surface area contributed by atoms with E-state index in [1.165, 1.54) is 11.3 Å². The molecule has 1 heterocycles. The maximum absolute atomic E-state index is 11.5. The van der Waals surface area contributed by atoms with Crippen LogP contribution in [0.15, 0.2) is 15.9 Å². The van der Waals surface area contributed by atoms with Crippen LogP contribution < -0.4 is 9.44 Å². The lowest BCUT2D eigenvalue weighted by atomic mass is 10.2. The van der Waals surface area contributed by atoms with Gasteiger partial charge in [-0.15, -0.1) is 11.3 Å². The van der Waals surface area contributed by atoms with E-state index in [2.05, 4.69) is 25.4 Å². The molecule has 0 saturated heterocycles. The molecule has 0 aromatic carbocycles. The maximum atomic E-state index is 11.5. The minimum Gasteiger partial charge on any atom is -0.202 e. The van der Waals surface area contributed by atoms with Crippen LogP contribution in [-0.4, -0.2) is 15.0 Å². The molecule has 0 bridgehead atoms. The zero-order valence-electron chi connectivity index (χ0n) is 9.16. The summed E-state index contributed by atoms with van der Waals surface area (Å²) in [5.41, 5.74) is 0. The molecule has 1 aromatic heterocycles. The third-order valence-electron chi connectivity index (χ3n) is 1.75. The average Bonchev–Trinajstić information content (AvgIpc) is 2.59. The second-order valence-corrected chi connectivity index (χ2v) is 7.90. The Morgan fingerprint density at radius 1 is 1.38 bits per heavy atom. The van der Waals surface area contributed by atoms with Crippen molar-refractivity contribution in [1.82, 2.24) is 9.44 Å². The lowest BCUT2D eigenvalue weighted by Gasteiger charge is -2.08. The molecule has 0 saturated carbocycles. The van der Waals surface area contributed by atoms with Crippen LogP contribution in [0.2, 0.25) is 0 Å². The summed E-state index contributed by atoms with van der Waals surface area (Å²) in [5.74, 6) is 0.299. The van der Waals surface area contributed by atoms with Crippen LogP contribution in [0.5, 0.6) is 0 Å². The van der Waals surface area contributed by atoms with Crippen LogP contribution >= 0.6 is 27.3 Å². The number of nitrogens with one attached hydrogen (secondary N) is 2. The average molecular weight is 327 g/mol. The molecule has 4 nitrogen and oxygen atoms in total. The molecular weight excluding hydrogens is 312 g/mol. The number of halogens is 1. The maximum Gasteiger partial charge on any atom is 0.277 e. The van der Waals surface area contributed by atoms with Crippen molar-refractivity contribution in [2.45, 2.75) is 20.4 Å². The highest BCUT2D eigenvalue weighted by atomic mass is 79.9. The molecule has 0 fully saturated rings. The van der Waals surface area contributed by atoms with E-state index >= 15 is 0 Å². The van der Waals surface area contributed by atoms with Gasteiger partial charge in [-0.1, -0.05) is 13.8 Å². The van der Waals surface area contributed by atoms with E-state index in [1.54, 1.807) is 0 Å². The summed E-state index contributed by atoms with van der Waals surface area (Å²) < 4.78 is 29.0. The first-order valence-electron chi connectivity index (χ1n) is 4.87. The lowest BCUT2D eigenvalue weighted by Crippen LogP contribution is -2.37. The molecular formula is C9H15BrN2O2S2. The number of rotatable bonds is 6. The standard InChI is InChI=1S/C9H15BrN2O2S2/c1-7(2)5-11-16(13,14)12-6-8-3-4-9(10)15-8/h3-4,7,11-12H,5-6H2,1-2H3. The molecule has 0 unspecified atom stereocenters. The summed E-state index contributed by atoms with van der Waals surface area (Å²) in [6.07, 6.45) is 0. The first kappa shape index (κ1) is 14.1. The van der Waals surface area contributed by atoms with Gasteiger partial charge in [0.2, 0.25) is 0 Å². The van der Waals surface area contributed by atoms with E-state index in [1.807, 2.05) is 26.0 Å². The van der Waals surface area contributed by atoms with E-state index in [-0.39, 0.29) is 0 Å². The summed E-state index contributed by atoms with van der Waals surface area (Å²) in [7, 11) is -3.37. The van der Waals surface area contributed by atoms with Crippen molar-refractivity contribution in [3.05, 3.63) is 20.8 Å². The third-order valence-corrected chi connectivity index (χ3v) is 4.44. The second kappa shape index (κ2) is 6.11. The number of hydrogen-bond donors (Lipinski definition) is 2. The number of hydrogen-bond acceptors (Lipinski definition) is 3. The van der Waals surface area contributed by atoms with Gasteiger partial charge in [0, 0.05) is 18.0 Å². The van der Waals surface area contributed by atoms with Gasteiger partial charge in [0.25, 0.3) is 10.2 Å². The van der Waals surface area contributed by atoms with Crippen molar-refractivity contribution < 1.29 is 8.42 Å². The quantitative estimate of drug-likeness (QED) is 0.841. The molecule has 0 atom stereocenters. The summed E-state index contributed by atoms with van der Waals surface area (Å²) in [6.45, 7) is 4.69. The van der Waals surface area contributed by atoms with Crippen molar-refractivity contribution >= 4 is 37.5 Å². The minimum absolute atomic E-state index is 0.299. The van der Waals surface area contributed by atoms with Gasteiger partial charge in [0.05, 0.1) is 3.79 Å². The first-order valence-corrected chi connectivity index (χ1v) is 7.97. The van der Waals surface area contributed by atoms with Crippen LogP contribution in [0.3, 0.4) is 0 Å². The molecule has 0 amide bonds. The normalized spacial score (nSPS) is 12.2. The molecule has 1 rings (SSSR count). The van der Waals surface area contributed by atoms with Gasteiger partial charge >= 0.3 is 0 Å². The molecule has 1 aromatic rings. The SMILES string of the molecule is CC(C)CNS(=O)(=O)NCc1ccc(Br)s1. The van der Waals surface area contributed by atoms with E-state index in [4.69, 9.17) is 0 Å². The largest absolute Gasteiger partial charge is 0.277 e. The molecule has 2 N–H and O–H groups in total. The van der Waals surface area contributed by atoms with Crippen LogP contribution in [0.4, 0.5) is 0 Å². The Kier molecular flexibility index (Phi) is 5.39. The lowest BCUT2D eigenvalue weighted by molar-refractivity contribution is 0.547. The van der Waals surface area contributed by atoms with E-state index in [9.17, 15) is 8.42 Å². The highest BCUT2D eigenvalue weighted by Gasteiger charge is 2.10. The molecule has 0 aliphatic heterocycles. The molecule has 0 spiro atoms. The van der Waals surface area contributed by atoms with Gasteiger partial charge in [-0.25, -0.2) is 4.72 Å². The topological polar surface area (TPSA) is 58.2 Å². The summed E-state index contributed by atoms with van der Waals surface area (Å²) >= 11 is 4.84. The second-order valence-electron chi connectivity index (χ2n) is 3.77. The van der Waals surface area contributed by atoms with Crippen LogP contribution in [0, 0.1) is 5.92 Å². The van der Waals surface area contributed by atoms with Crippen molar-refractivity contribution in [1.29, 1.82) is 0 Å². The van der Waals surface area contributed by atoms with Gasteiger partial charge in [0.15, 0.2) is 0 Å². The predicted octanol–water partition coefficient (Wildman–Crippen LogP) is 2.09. The Balaban J connectivity index is 2.42. The van der Waals surface area contributed by atoms with Gasteiger partial charge in [-0.2, -0.15) is 13.1 Å². The first-order chi connectivity index (χ1) is 7.39. The summed E-state index contributed by atoms with van der Waals surface area (Å²) in [6, 6.07) is 3.79. The van der Waals surface area contributed by atoms with E-state index < -0.39 is 10.2 Å². The fraction of sp³-hybridized carbons (Fsp3) is 0.556. The van der Waals surface area contributed by atoms with Gasteiger partial charge in [-0.3, -0.25) is 0 Å². The zero-order chi connectivity index (χ0) is 12.2. The number of thiophene rings is 1. The Morgan fingerprint density at radius 3 is 2.56 bits per heavy atom. The zero-order valence-corrected chi connectivity index (χ0v) is 12.4. The molecule has 0 aliphatic carbocycles. The van der Waals surface area contributed by atoms with Gasteiger partial charge in [-0.05, 0) is 34.0 Å². The molecule has 0 aliphatic rings. The summed E-state index contributed by atoms with van der Waals surface area (Å²) in [4.78, 5) is 0.974. The Hall–Kier alpha value is 0.0500. The van der Waals surface area contributed by atoms with E-state index in [0.717, 1.165) is 8.66 Å². The minimum atomic E-state index is -3.37. The highest BCUT2D eigenvalue weighted by Crippen LogP contribution is 2.21. The fourth-order valence-electron chi connectivity index (χ4n) is 0.940. The highest BCUT2D eigenvalue weighted by molar-refractivity contribution is 9.11. The Bertz CT molecular complexity index is 428. The third kappa shape index (κ3) is 5.40. The van der Waals surface area contributed by atoms with Crippen molar-refractivity contribution in [2.24, 2.45) is 5.92 Å². The molecule has 0 radical (unpaired) electrons. The van der Waals surface area contributed by atoms with Crippen LogP contribution in [-0.2, 0) is 16.8 Å². The van der Waals surface area contributed by atoms with Crippen molar-refractivity contribution in [3.8, 4) is 0 Å². The van der Waals surface area contributed by atoms with Crippen molar-refractivity contribution in [2.75, 3.05) is 6.54 Å². The summed E-state index contributed by atoms with van der Waals surface area (Å²) in [5, 5.41) is 0. The van der Waals surface area contributed by atoms with Gasteiger partial charge in [0.1, 0.15) is 0 Å². The smallest absolute Gasteiger partial charge is 0.202 e. The van der Waals surface area contributed by atoms with Crippen LogP contribution in [0.1, 0.15) is 18.7 Å². The van der Waals surface area contributed by atoms with Gasteiger partial charge < -0.3 is 0 Å². The fourth-order valence-corrected chi connectivity index (χ4v) is 3.45.